The molecule has 1 saturated heterocycles. The summed E-state index contributed by atoms with van der Waals surface area (Å²) in [6, 6.07) is 18.1. The van der Waals surface area contributed by atoms with Crippen LogP contribution in [0, 0.1) is 0 Å². The van der Waals surface area contributed by atoms with Crippen LogP contribution in [0.5, 0.6) is 5.75 Å². The van der Waals surface area contributed by atoms with E-state index >= 15 is 0 Å². The summed E-state index contributed by atoms with van der Waals surface area (Å²) in [6.45, 7) is 4.41. The van der Waals surface area contributed by atoms with E-state index in [1.807, 2.05) is 30.3 Å². The minimum atomic E-state index is 0.0123. The zero-order valence-electron chi connectivity index (χ0n) is 15.3. The van der Waals surface area contributed by atoms with Crippen molar-refractivity contribution >= 4 is 5.91 Å². The lowest BCUT2D eigenvalue weighted by Gasteiger charge is -2.26. The Bertz CT molecular complexity index is 664. The van der Waals surface area contributed by atoms with Crippen molar-refractivity contribution < 1.29 is 9.53 Å². The zero-order valence-corrected chi connectivity index (χ0v) is 15.3. The Morgan fingerprint density at radius 2 is 1.62 bits per heavy atom. The number of amides is 1. The van der Waals surface area contributed by atoms with Crippen molar-refractivity contribution in [2.75, 3.05) is 19.7 Å². The van der Waals surface area contributed by atoms with Gasteiger partial charge < -0.3 is 10.1 Å². The van der Waals surface area contributed by atoms with Crippen LogP contribution in [0.25, 0.3) is 0 Å². The number of hydrogen-bond donors (Lipinski definition) is 1. The molecule has 0 aliphatic carbocycles. The molecule has 1 aliphatic rings. The van der Waals surface area contributed by atoms with Gasteiger partial charge in [0.15, 0.2) is 0 Å². The molecule has 0 unspecified atom stereocenters. The fourth-order valence-corrected chi connectivity index (χ4v) is 3.21. The number of benzene rings is 2. The van der Waals surface area contributed by atoms with Crippen LogP contribution in [0.3, 0.4) is 0 Å². The van der Waals surface area contributed by atoms with Gasteiger partial charge in [-0.1, -0.05) is 48.9 Å². The highest BCUT2D eigenvalue weighted by Crippen LogP contribution is 2.13. The second-order valence-electron chi connectivity index (χ2n) is 6.84. The number of rotatable bonds is 8. The van der Waals surface area contributed by atoms with E-state index in [1.54, 1.807) is 0 Å². The van der Waals surface area contributed by atoms with Gasteiger partial charge in [-0.15, -0.1) is 0 Å². The fourth-order valence-electron chi connectivity index (χ4n) is 3.21. The van der Waals surface area contributed by atoms with E-state index < -0.39 is 0 Å². The van der Waals surface area contributed by atoms with E-state index in [0.717, 1.165) is 17.9 Å². The summed E-state index contributed by atoms with van der Waals surface area (Å²) in [5.74, 6) is 0.808. The van der Waals surface area contributed by atoms with Crippen LogP contribution < -0.4 is 10.1 Å². The molecule has 0 bridgehead atoms. The first-order valence-electron chi connectivity index (χ1n) is 9.54. The molecule has 1 N–H and O–H groups in total. The first kappa shape index (κ1) is 18.5. The van der Waals surface area contributed by atoms with E-state index in [1.165, 1.54) is 37.9 Å². The standard InChI is InChI=1S/C22H28N2O2/c25-22(13-16-26-21-7-3-1-4-8-21)23-17-19-9-11-20(12-10-19)18-24-14-5-2-6-15-24/h1,3-4,7-12H,2,5-6,13-18H2,(H,23,25). The maximum atomic E-state index is 11.9. The second-order valence-corrected chi connectivity index (χ2v) is 6.84. The first-order valence-corrected chi connectivity index (χ1v) is 9.54. The molecule has 1 amide bonds. The maximum absolute atomic E-state index is 11.9. The average molecular weight is 352 g/mol. The van der Waals surface area contributed by atoms with E-state index in [0.29, 0.717) is 19.6 Å². The van der Waals surface area contributed by atoms with Crippen molar-refractivity contribution in [1.29, 1.82) is 0 Å². The van der Waals surface area contributed by atoms with Crippen LogP contribution >= 0.6 is 0 Å². The molecule has 26 heavy (non-hydrogen) atoms. The molecule has 1 aliphatic heterocycles. The van der Waals surface area contributed by atoms with E-state index in [-0.39, 0.29) is 5.91 Å². The van der Waals surface area contributed by atoms with Gasteiger partial charge in [-0.3, -0.25) is 9.69 Å². The monoisotopic (exact) mass is 352 g/mol. The summed E-state index contributed by atoms with van der Waals surface area (Å²) in [4.78, 5) is 14.5. The number of nitrogens with one attached hydrogen (secondary N) is 1. The Morgan fingerprint density at radius 1 is 0.923 bits per heavy atom. The molecule has 1 fully saturated rings. The third kappa shape index (κ3) is 6.19. The van der Waals surface area contributed by atoms with Crippen molar-refractivity contribution in [3.8, 4) is 5.75 Å². The van der Waals surface area contributed by atoms with Gasteiger partial charge in [-0.25, -0.2) is 0 Å². The van der Waals surface area contributed by atoms with Crippen LogP contribution in [0.15, 0.2) is 54.6 Å². The number of likely N-dealkylation sites (tertiary alicyclic amines) is 1. The fraction of sp³-hybridized carbons (Fsp3) is 0.409. The van der Waals surface area contributed by atoms with Crippen LogP contribution in [0.1, 0.15) is 36.8 Å². The van der Waals surface area contributed by atoms with Gasteiger partial charge in [0.2, 0.25) is 5.91 Å². The molecule has 2 aromatic rings. The summed E-state index contributed by atoms with van der Waals surface area (Å²) in [6.07, 6.45) is 4.36. The largest absolute Gasteiger partial charge is 0.493 e. The number of nitrogens with zero attached hydrogens (tertiary/aromatic N) is 1. The Balaban J connectivity index is 1.35. The van der Waals surface area contributed by atoms with Crippen LogP contribution in [0.4, 0.5) is 0 Å². The highest BCUT2D eigenvalue weighted by atomic mass is 16.5. The summed E-state index contributed by atoms with van der Waals surface area (Å²) < 4.78 is 5.55. The number of hydrogen-bond acceptors (Lipinski definition) is 3. The molecule has 0 saturated carbocycles. The Kier molecular flexibility index (Phi) is 7.08. The van der Waals surface area contributed by atoms with Crippen molar-refractivity contribution in [1.82, 2.24) is 10.2 Å². The first-order chi connectivity index (χ1) is 12.8. The van der Waals surface area contributed by atoms with Crippen LogP contribution in [0.2, 0.25) is 0 Å². The normalized spacial score (nSPS) is 14.8. The molecule has 3 rings (SSSR count). The number of piperidine rings is 1. The zero-order chi connectivity index (χ0) is 18.0. The molecule has 4 nitrogen and oxygen atoms in total. The highest BCUT2D eigenvalue weighted by Gasteiger charge is 2.10. The van der Waals surface area contributed by atoms with Gasteiger partial charge in [0, 0.05) is 13.1 Å². The van der Waals surface area contributed by atoms with E-state index in [4.69, 9.17) is 4.74 Å². The molecule has 1 heterocycles. The van der Waals surface area contributed by atoms with Gasteiger partial charge in [0.05, 0.1) is 13.0 Å². The molecule has 0 aromatic heterocycles. The number of para-hydroxylation sites is 1. The summed E-state index contributed by atoms with van der Waals surface area (Å²) in [7, 11) is 0. The second kappa shape index (κ2) is 9.97. The summed E-state index contributed by atoms with van der Waals surface area (Å²) >= 11 is 0. The summed E-state index contributed by atoms with van der Waals surface area (Å²) in [5, 5.41) is 2.96. The highest BCUT2D eigenvalue weighted by molar-refractivity contribution is 5.75. The minimum absolute atomic E-state index is 0.0123. The predicted molar refractivity (Wildman–Crippen MR) is 104 cm³/mol. The molecule has 0 spiro atoms. The quantitative estimate of drug-likeness (QED) is 0.786. The molecule has 4 heteroatoms. The molecule has 2 aromatic carbocycles. The topological polar surface area (TPSA) is 41.6 Å². The Morgan fingerprint density at radius 3 is 2.35 bits per heavy atom. The SMILES string of the molecule is O=C(CCOc1ccccc1)NCc1ccc(CN2CCCCC2)cc1. The molecule has 0 atom stereocenters. The van der Waals surface area contributed by atoms with Gasteiger partial charge >= 0.3 is 0 Å². The van der Waals surface area contributed by atoms with Crippen molar-refractivity contribution in [2.45, 2.75) is 38.8 Å². The van der Waals surface area contributed by atoms with Crippen LogP contribution in [-0.4, -0.2) is 30.5 Å². The number of carbonyl (C=O) groups is 1. The molecule has 138 valence electrons. The third-order valence-electron chi connectivity index (χ3n) is 4.71. The number of carbonyl (C=O) groups excluding carboxylic acids is 1. The van der Waals surface area contributed by atoms with Gasteiger partial charge in [-0.05, 0) is 49.2 Å². The number of ether oxygens (including phenoxy) is 1. The Labute approximate surface area is 156 Å². The van der Waals surface area contributed by atoms with Crippen LogP contribution in [-0.2, 0) is 17.9 Å². The lowest BCUT2D eigenvalue weighted by atomic mass is 10.1. The maximum Gasteiger partial charge on any atom is 0.223 e. The lowest BCUT2D eigenvalue weighted by molar-refractivity contribution is -0.121. The molecule has 0 radical (unpaired) electrons. The van der Waals surface area contributed by atoms with Crippen molar-refractivity contribution in [3.63, 3.8) is 0 Å². The lowest BCUT2D eigenvalue weighted by Crippen LogP contribution is -2.29. The van der Waals surface area contributed by atoms with Crippen molar-refractivity contribution in [2.24, 2.45) is 0 Å². The average Bonchev–Trinajstić information content (AvgIpc) is 2.69. The molecular formula is C22H28N2O2. The minimum Gasteiger partial charge on any atom is -0.493 e. The van der Waals surface area contributed by atoms with E-state index in [9.17, 15) is 4.79 Å². The van der Waals surface area contributed by atoms with Gasteiger partial charge in [-0.2, -0.15) is 0 Å². The van der Waals surface area contributed by atoms with Gasteiger partial charge in [0.25, 0.3) is 0 Å². The van der Waals surface area contributed by atoms with Gasteiger partial charge in [0.1, 0.15) is 5.75 Å². The summed E-state index contributed by atoms with van der Waals surface area (Å²) in [5.41, 5.74) is 2.47. The van der Waals surface area contributed by atoms with Crippen molar-refractivity contribution in [3.05, 3.63) is 65.7 Å². The third-order valence-corrected chi connectivity index (χ3v) is 4.71. The molecular weight excluding hydrogens is 324 g/mol. The Hall–Kier alpha value is -2.33. The predicted octanol–water partition coefficient (Wildman–Crippen LogP) is 3.76. The smallest absolute Gasteiger partial charge is 0.223 e. The van der Waals surface area contributed by atoms with E-state index in [2.05, 4.69) is 34.5 Å².